The third-order valence-electron chi connectivity index (χ3n) is 10.5. The van der Waals surface area contributed by atoms with E-state index >= 15 is 0 Å². The van der Waals surface area contributed by atoms with Crippen LogP contribution in [-0.4, -0.2) is 0 Å². The van der Waals surface area contributed by atoms with Crippen molar-refractivity contribution in [2.45, 2.75) is 46.0 Å². The third kappa shape index (κ3) is 0.685. The average Bonchev–Trinajstić information content (AvgIpc) is 2.55. The summed E-state index contributed by atoms with van der Waals surface area (Å²) in [7, 11) is 0. The van der Waals surface area contributed by atoms with E-state index in [0.29, 0.717) is 5.41 Å². The van der Waals surface area contributed by atoms with Crippen LogP contribution in [0.5, 0.6) is 0 Å². The summed E-state index contributed by atoms with van der Waals surface area (Å²) < 4.78 is 0. The summed E-state index contributed by atoms with van der Waals surface area (Å²) in [6, 6.07) is 0. The van der Waals surface area contributed by atoms with E-state index in [0.717, 1.165) is 29.1 Å². The van der Waals surface area contributed by atoms with Gasteiger partial charge in [0, 0.05) is 0 Å². The fraction of sp³-hybridized carbons (Fsp3) is 1.00. The van der Waals surface area contributed by atoms with E-state index in [9.17, 15) is 0 Å². The predicted molar refractivity (Wildman–Crippen MR) is 74.2 cm³/mol. The second kappa shape index (κ2) is 2.35. The van der Waals surface area contributed by atoms with Crippen LogP contribution in [0, 0.1) is 70.0 Å². The lowest BCUT2D eigenvalue weighted by atomic mass is 9.39. The van der Waals surface area contributed by atoms with Crippen LogP contribution in [-0.2, 0) is 0 Å². The van der Waals surface area contributed by atoms with Gasteiger partial charge < -0.3 is 0 Å². The Hall–Kier alpha value is 0. The molecule has 10 aliphatic rings. The Balaban J connectivity index is 1.66. The molecule has 0 N–H and O–H groups in total. The molecule has 0 amide bonds. The van der Waals surface area contributed by atoms with Crippen molar-refractivity contribution in [3.05, 3.63) is 0 Å². The quantitative estimate of drug-likeness (QED) is 0.607. The SMILES string of the molecule is CC1(C)C2CC34CC5CC2C2CC6C(C51)C3C2CC64. The number of hydrogen-bond donors (Lipinski definition) is 0. The van der Waals surface area contributed by atoms with Crippen molar-refractivity contribution in [2.75, 3.05) is 0 Å². The number of hydrogen-bond acceptors (Lipinski definition) is 0. The van der Waals surface area contributed by atoms with Gasteiger partial charge in [-0.3, -0.25) is 0 Å². The Kier molecular flexibility index (Phi) is 1.22. The second-order valence-corrected chi connectivity index (χ2v) is 10.4. The zero-order valence-corrected chi connectivity index (χ0v) is 12.3. The van der Waals surface area contributed by atoms with Gasteiger partial charge in [0.05, 0.1) is 0 Å². The van der Waals surface area contributed by atoms with E-state index in [-0.39, 0.29) is 0 Å². The highest BCUT2D eigenvalue weighted by molar-refractivity contribution is 5.30. The largest absolute Gasteiger partial charge is 0.0593 e. The lowest BCUT2D eigenvalue weighted by Gasteiger charge is -2.66. The molecule has 0 radical (unpaired) electrons. The zero-order valence-electron chi connectivity index (χ0n) is 12.3. The maximum absolute atomic E-state index is 2.70. The molecular weight excluding hydrogens is 228 g/mol. The van der Waals surface area contributed by atoms with Crippen molar-refractivity contribution >= 4 is 0 Å². The normalized spacial score (nSPS) is 78.6. The van der Waals surface area contributed by atoms with Crippen LogP contribution in [0.4, 0.5) is 0 Å². The van der Waals surface area contributed by atoms with Crippen LogP contribution < -0.4 is 0 Å². The molecule has 10 aliphatic carbocycles. The molecule has 1 spiro atoms. The van der Waals surface area contributed by atoms with Gasteiger partial charge in [-0.05, 0) is 102 Å². The topological polar surface area (TPSA) is 0 Å². The second-order valence-electron chi connectivity index (χ2n) is 10.4. The molecule has 0 nitrogen and oxygen atoms in total. The van der Waals surface area contributed by atoms with Crippen LogP contribution in [0.15, 0.2) is 0 Å². The fourth-order valence-electron chi connectivity index (χ4n) is 10.9. The molecule has 10 fully saturated rings. The molecule has 0 aromatic heterocycles. The molecule has 11 unspecified atom stereocenters. The monoisotopic (exact) mass is 254 g/mol. The van der Waals surface area contributed by atoms with Crippen molar-refractivity contribution in [1.29, 1.82) is 0 Å². The Labute approximate surface area is 116 Å². The Morgan fingerprint density at radius 1 is 0.737 bits per heavy atom. The van der Waals surface area contributed by atoms with E-state index in [1.165, 1.54) is 35.5 Å². The van der Waals surface area contributed by atoms with Gasteiger partial charge in [0.1, 0.15) is 0 Å². The van der Waals surface area contributed by atoms with E-state index in [2.05, 4.69) is 13.8 Å². The standard InChI is InChI=1S/C19H26/c1-18(2)14-7-19-6-8-3-10(14)9-4-12-13(19)5-11(9)17(19)15(12)16(8)18/h8-17H,3-7H2,1-2H3. The fourth-order valence-corrected chi connectivity index (χ4v) is 10.9. The summed E-state index contributed by atoms with van der Waals surface area (Å²) in [6.07, 6.45) is 8.44. The molecule has 0 saturated heterocycles. The highest BCUT2D eigenvalue weighted by Gasteiger charge is 2.82. The molecule has 0 heteroatoms. The van der Waals surface area contributed by atoms with Gasteiger partial charge in [0.25, 0.3) is 0 Å². The van der Waals surface area contributed by atoms with E-state index < -0.39 is 0 Å². The minimum absolute atomic E-state index is 0.707. The van der Waals surface area contributed by atoms with Gasteiger partial charge in [-0.1, -0.05) is 13.8 Å². The molecule has 102 valence electrons. The van der Waals surface area contributed by atoms with Crippen molar-refractivity contribution in [3.8, 4) is 0 Å². The molecule has 0 aromatic rings. The van der Waals surface area contributed by atoms with E-state index in [1.807, 2.05) is 0 Å². The van der Waals surface area contributed by atoms with Gasteiger partial charge in [-0.2, -0.15) is 0 Å². The Morgan fingerprint density at radius 2 is 1.63 bits per heavy atom. The lowest BCUT2D eigenvalue weighted by Crippen LogP contribution is -2.60. The molecule has 11 bridgehead atoms. The molecule has 10 saturated carbocycles. The summed E-state index contributed by atoms with van der Waals surface area (Å²) in [5, 5.41) is 0. The molecule has 0 aromatic carbocycles. The minimum Gasteiger partial charge on any atom is -0.0593 e. The molecule has 19 heavy (non-hydrogen) atoms. The first-order chi connectivity index (χ1) is 9.13. The Morgan fingerprint density at radius 3 is 2.53 bits per heavy atom. The first-order valence-corrected chi connectivity index (χ1v) is 9.13. The summed E-state index contributed by atoms with van der Waals surface area (Å²) >= 11 is 0. The highest BCUT2D eigenvalue weighted by Crippen LogP contribution is 2.89. The summed E-state index contributed by atoms with van der Waals surface area (Å²) in [5.74, 6) is 11.9. The van der Waals surface area contributed by atoms with Crippen molar-refractivity contribution in [2.24, 2.45) is 70.0 Å². The smallest absolute Gasteiger partial charge is 0.0227 e. The van der Waals surface area contributed by atoms with Crippen LogP contribution in [0.1, 0.15) is 46.0 Å². The molecule has 11 atom stereocenters. The summed E-state index contributed by atoms with van der Waals surface area (Å²) in [6.45, 7) is 5.41. The van der Waals surface area contributed by atoms with Gasteiger partial charge in [0.15, 0.2) is 0 Å². The Bertz CT molecular complexity index is 518. The summed E-state index contributed by atoms with van der Waals surface area (Å²) in [5.41, 5.74) is 1.61. The van der Waals surface area contributed by atoms with Crippen molar-refractivity contribution < 1.29 is 0 Å². The van der Waals surface area contributed by atoms with E-state index in [4.69, 9.17) is 0 Å². The third-order valence-corrected chi connectivity index (χ3v) is 10.5. The van der Waals surface area contributed by atoms with Gasteiger partial charge in [0.2, 0.25) is 0 Å². The minimum atomic E-state index is 0.707. The van der Waals surface area contributed by atoms with Crippen LogP contribution in [0.25, 0.3) is 0 Å². The molecule has 0 heterocycles. The van der Waals surface area contributed by atoms with Gasteiger partial charge in [-0.25, -0.2) is 0 Å². The van der Waals surface area contributed by atoms with E-state index in [1.54, 1.807) is 32.1 Å². The van der Waals surface area contributed by atoms with Gasteiger partial charge >= 0.3 is 0 Å². The number of rotatable bonds is 0. The van der Waals surface area contributed by atoms with Crippen LogP contribution in [0.2, 0.25) is 0 Å². The maximum Gasteiger partial charge on any atom is -0.0227 e. The lowest BCUT2D eigenvalue weighted by molar-refractivity contribution is -0.177. The van der Waals surface area contributed by atoms with Crippen molar-refractivity contribution in [3.63, 3.8) is 0 Å². The first-order valence-electron chi connectivity index (χ1n) is 9.13. The van der Waals surface area contributed by atoms with Crippen LogP contribution in [0.3, 0.4) is 0 Å². The first kappa shape index (κ1) is 9.85. The molecule has 0 aliphatic heterocycles. The van der Waals surface area contributed by atoms with Crippen LogP contribution >= 0.6 is 0 Å². The summed E-state index contributed by atoms with van der Waals surface area (Å²) in [4.78, 5) is 0. The predicted octanol–water partition coefficient (Wildman–Crippen LogP) is 4.21. The maximum atomic E-state index is 2.70. The average molecular weight is 254 g/mol. The van der Waals surface area contributed by atoms with Crippen molar-refractivity contribution in [1.82, 2.24) is 0 Å². The molecule has 10 rings (SSSR count). The molecular formula is C19H26. The zero-order chi connectivity index (χ0) is 12.3. The highest BCUT2D eigenvalue weighted by atomic mass is 14.9. The van der Waals surface area contributed by atoms with Gasteiger partial charge in [-0.15, -0.1) is 0 Å².